The molecule has 2 aromatic heterocycles. The van der Waals surface area contributed by atoms with Gasteiger partial charge in [-0.3, -0.25) is 38.2 Å². The van der Waals surface area contributed by atoms with E-state index in [0.717, 1.165) is 39.8 Å². The molecule has 10 rings (SSSR count). The molecule has 2 saturated heterocycles. The molecule has 2 aliphatic heterocycles. The van der Waals surface area contributed by atoms with Crippen LogP contribution in [0.3, 0.4) is 0 Å². The number of ether oxygens (including phenoxy) is 5. The Morgan fingerprint density at radius 1 is 0.651 bits per heavy atom. The second-order valence-corrected chi connectivity index (χ2v) is 45.5. The van der Waals surface area contributed by atoms with Gasteiger partial charge >= 0.3 is 12.2 Å². The zero-order valence-corrected chi connectivity index (χ0v) is 71.3. The SMILES string of the molecule is C=CC1C[C@]1(NC(=O)[C@@H]1C[C@@H](O)CN1C(=O)[C@@H](NC(=O)OC(C)(C)C)C(C)(C)C)C(=O)NS(=O)(=O)C1CC1.C=CC1C[C@]1(NC(=O)[C@@H]1C[C@@H](Oc2nc(Br)c(C)c3ccccc23)CN1C(=O)[C@@H](NC(=O)OC(C)(C)C)C(C)(C)C)C(=O)NS(=O)(=O)C1CC1.C[Si](C)(C)CCOCOc1c(Br)nc(Cl)c2ccccc12. The number of carbonyl (C=O) groups is 8. The third-order valence-corrected chi connectivity index (χ3v) is 26.1. The Balaban J connectivity index is 0.000000223. The van der Waals surface area contributed by atoms with E-state index in [9.17, 15) is 60.3 Å². The molecule has 4 heterocycles. The monoisotopic (exact) mass is 1720 g/mol. The molecule has 4 saturated carbocycles. The molecule has 6 aliphatic rings. The van der Waals surface area contributed by atoms with Crippen molar-refractivity contribution in [3.63, 3.8) is 0 Å². The van der Waals surface area contributed by atoms with Crippen LogP contribution in [0.4, 0.5) is 9.59 Å². The number of nitrogens with one attached hydrogen (secondary N) is 6. The number of hydrogen-bond donors (Lipinski definition) is 7. The van der Waals surface area contributed by atoms with Crippen LogP contribution in [-0.4, -0.2) is 193 Å². The molecule has 0 radical (unpaired) electrons. The summed E-state index contributed by atoms with van der Waals surface area (Å²) in [4.78, 5) is 119. The maximum atomic E-state index is 14.4. The highest BCUT2D eigenvalue weighted by Crippen LogP contribution is 2.48. The van der Waals surface area contributed by atoms with Gasteiger partial charge in [-0.25, -0.2) is 36.4 Å². The molecular weight excluding hydrogens is 1620 g/mol. The predicted octanol–water partition coefficient (Wildman–Crippen LogP) is 10.2. The molecule has 4 aliphatic carbocycles. The number of β-amino-alcohol motifs (C(OH)–C–C–N with tert-alkyl or cyclic N) is 1. The van der Waals surface area contributed by atoms with Gasteiger partial charge in [-0.05, 0) is 153 Å². The summed E-state index contributed by atoms with van der Waals surface area (Å²) in [7, 11) is -8.80. The lowest BCUT2D eigenvalue weighted by Crippen LogP contribution is -2.60. The molecule has 600 valence electrons. The molecule has 109 heavy (non-hydrogen) atoms. The van der Waals surface area contributed by atoms with E-state index in [4.69, 9.17) is 35.3 Å². The maximum absolute atomic E-state index is 14.4. The number of hydrogen-bond acceptors (Lipinski definition) is 20. The number of rotatable bonds is 24. The molecule has 2 unspecified atom stereocenters. The van der Waals surface area contributed by atoms with Gasteiger partial charge < -0.3 is 59.9 Å². The molecule has 34 heteroatoms. The second kappa shape index (κ2) is 33.7. The van der Waals surface area contributed by atoms with Gasteiger partial charge in [0.05, 0.1) is 23.1 Å². The first-order valence-corrected chi connectivity index (χ1v) is 45.1. The molecule has 6 fully saturated rings. The van der Waals surface area contributed by atoms with Crippen LogP contribution in [-0.2, 0) is 63.0 Å². The number of sulfonamides is 2. The van der Waals surface area contributed by atoms with Gasteiger partial charge in [-0.15, -0.1) is 13.2 Å². The number of amides is 8. The van der Waals surface area contributed by atoms with E-state index in [1.165, 1.54) is 22.0 Å². The van der Waals surface area contributed by atoms with Crippen molar-refractivity contribution in [2.75, 3.05) is 26.5 Å². The fraction of sp³-hybridized carbons (Fsp3) is 0.600. The zero-order chi connectivity index (χ0) is 81.3. The van der Waals surface area contributed by atoms with Gasteiger partial charge in [0.2, 0.25) is 49.6 Å². The van der Waals surface area contributed by atoms with Crippen LogP contribution >= 0.6 is 43.5 Å². The summed E-state index contributed by atoms with van der Waals surface area (Å²) >= 11 is 13.1. The number of aryl methyl sites for hydroxylation is 1. The van der Waals surface area contributed by atoms with Crippen molar-refractivity contribution in [3.8, 4) is 11.6 Å². The van der Waals surface area contributed by atoms with Crippen molar-refractivity contribution in [2.24, 2.45) is 22.7 Å². The number of halogens is 3. The first-order valence-electron chi connectivity index (χ1n) is 36.3. The number of aliphatic hydroxyl groups is 1. The van der Waals surface area contributed by atoms with Crippen molar-refractivity contribution in [1.29, 1.82) is 0 Å². The summed E-state index contributed by atoms with van der Waals surface area (Å²) in [5.74, 6) is -4.24. The third kappa shape index (κ3) is 22.4. The van der Waals surface area contributed by atoms with E-state index in [2.05, 4.69) is 105 Å². The lowest BCUT2D eigenvalue weighted by molar-refractivity contribution is -0.143. The van der Waals surface area contributed by atoms with Gasteiger partial charge in [0.1, 0.15) is 62.3 Å². The van der Waals surface area contributed by atoms with Gasteiger partial charge in [0.25, 0.3) is 11.8 Å². The fourth-order valence-corrected chi connectivity index (χ4v) is 17.3. The van der Waals surface area contributed by atoms with E-state index in [-0.39, 0.29) is 45.6 Å². The molecule has 4 aromatic rings. The van der Waals surface area contributed by atoms with Crippen molar-refractivity contribution >= 4 is 141 Å². The largest absolute Gasteiger partial charge is 0.472 e. The Labute approximate surface area is 661 Å². The Kier molecular flexibility index (Phi) is 27.1. The Morgan fingerprint density at radius 3 is 1.50 bits per heavy atom. The highest BCUT2D eigenvalue weighted by molar-refractivity contribution is 9.10. The average molecular weight is 1720 g/mol. The van der Waals surface area contributed by atoms with Crippen LogP contribution in [0.25, 0.3) is 21.5 Å². The van der Waals surface area contributed by atoms with Crippen LogP contribution < -0.4 is 40.2 Å². The van der Waals surface area contributed by atoms with E-state index >= 15 is 0 Å². The normalized spacial score (nSPS) is 23.2. The third-order valence-electron chi connectivity index (χ3n) is 19.2. The number of benzene rings is 2. The maximum Gasteiger partial charge on any atom is 0.408 e. The van der Waals surface area contributed by atoms with Gasteiger partial charge in [-0.1, -0.05) is 127 Å². The van der Waals surface area contributed by atoms with Gasteiger partial charge in [0, 0.05) is 62.1 Å². The van der Waals surface area contributed by atoms with Crippen LogP contribution in [0.15, 0.2) is 83.0 Å². The molecule has 0 bridgehead atoms. The lowest BCUT2D eigenvalue weighted by Gasteiger charge is -2.36. The Bertz CT molecular complexity index is 4400. The first kappa shape index (κ1) is 87.6. The van der Waals surface area contributed by atoms with E-state index in [0.29, 0.717) is 51.7 Å². The van der Waals surface area contributed by atoms with Crippen molar-refractivity contribution in [3.05, 3.63) is 93.8 Å². The average Bonchev–Trinajstić information content (AvgIpc) is 1.58. The highest BCUT2D eigenvalue weighted by Gasteiger charge is 2.64. The Morgan fingerprint density at radius 2 is 1.08 bits per heavy atom. The second-order valence-electron chi connectivity index (χ2n) is 34.1. The Hall–Kier alpha value is -7.01. The number of carbonyl (C=O) groups excluding carboxylic acids is 8. The number of aliphatic hydroxyl groups excluding tert-OH is 1. The molecule has 2 aromatic carbocycles. The summed E-state index contributed by atoms with van der Waals surface area (Å²) in [5, 5.41) is 23.8. The summed E-state index contributed by atoms with van der Waals surface area (Å²) in [6, 6.07) is 12.0. The van der Waals surface area contributed by atoms with E-state index in [1.54, 1.807) is 83.1 Å². The van der Waals surface area contributed by atoms with E-state index < -0.39 is 168 Å². The molecule has 8 amide bonds. The quantitative estimate of drug-likeness (QED) is 0.0113. The van der Waals surface area contributed by atoms with E-state index in [1.807, 2.05) is 55.5 Å². The van der Waals surface area contributed by atoms with Crippen LogP contribution in [0.1, 0.15) is 140 Å². The lowest BCUT2D eigenvalue weighted by atomic mass is 9.85. The smallest absolute Gasteiger partial charge is 0.408 e. The van der Waals surface area contributed by atoms with Crippen LogP contribution in [0.2, 0.25) is 30.8 Å². The molecule has 28 nitrogen and oxygen atoms in total. The summed E-state index contributed by atoms with van der Waals surface area (Å²) in [6.45, 7) is 37.9. The number of likely N-dealkylation sites (tertiary alicyclic amines) is 2. The summed E-state index contributed by atoms with van der Waals surface area (Å²) < 4.78 is 83.9. The highest BCUT2D eigenvalue weighted by atomic mass is 79.9. The predicted molar refractivity (Wildman–Crippen MR) is 423 cm³/mol. The van der Waals surface area contributed by atoms with Gasteiger partial charge in [-0.2, -0.15) is 0 Å². The first-order chi connectivity index (χ1) is 50.3. The number of aromatic nitrogens is 2. The minimum atomic E-state index is -3.89. The molecular formula is C75H105Br2ClN10O18S2Si. The molecule has 10 atom stereocenters. The minimum Gasteiger partial charge on any atom is -0.472 e. The van der Waals surface area contributed by atoms with Crippen molar-refractivity contribution in [2.45, 2.75) is 236 Å². The number of alkyl carbamates (subject to hydrolysis) is 2. The van der Waals surface area contributed by atoms with Crippen LogP contribution in [0, 0.1) is 29.6 Å². The topological polar surface area (TPSA) is 376 Å². The number of nitrogens with zero attached hydrogens (tertiary/aromatic N) is 4. The minimum absolute atomic E-state index is 0.0270. The standard InChI is InChI=1S/C35H46BrN5O8S.C25H40N4O8S.C15H19BrClNO2Si/c1-9-20-17-35(20,31(44)40-50(46,47)22-14-15-22)39-28(42)25-16-21(48-29-24-13-11-10-12-23(24)19(2)27(36)38-29)18-41(25)30(43)26(33(3,4)5)37-32(45)49-34(6,7)8;1-8-14-12-25(14,21(33)28-38(35,36)16-9-10-16)27-19(31)17-11-15(30)13-29(17)20(32)18(23(2,3)4)26-22(34)37-24(5,6)7;1-21(2,3)9-8-19-10-20-13-11-6-4-5-7-12(11)15(17)18-14(13)16/h9-13,20-22,25-26H,1,14-18H2,2-8H3,(H,37,45)(H,39,42)(H,40,44);8,14-18,30H,1,9-13H2,2-7H3,(H,26,34)(H,27,31)(H,28,33);4-7H,8-10H2,1-3H3/t20?,21-,25+,26-,35-;14?,15-,17+,18-,25-;/m11./s1. The van der Waals surface area contributed by atoms with Crippen LogP contribution in [0.5, 0.6) is 11.6 Å². The molecule has 0 spiro atoms. The zero-order valence-electron chi connectivity index (χ0n) is 64.8. The summed E-state index contributed by atoms with van der Waals surface area (Å²) in [5.41, 5.74) is -5.34. The molecule has 7 N–H and O–H groups in total. The van der Waals surface area contributed by atoms with Crippen molar-refractivity contribution < 1.29 is 84.0 Å². The van der Waals surface area contributed by atoms with Gasteiger partial charge in [0.15, 0.2) is 17.1 Å². The fourth-order valence-electron chi connectivity index (χ4n) is 12.6. The summed E-state index contributed by atoms with van der Waals surface area (Å²) in [6.07, 6.45) is 1.75. The number of fused-ring (bicyclic) bond motifs is 2. The van der Waals surface area contributed by atoms with Crippen molar-refractivity contribution in [1.82, 2.24) is 50.5 Å². The number of pyridine rings is 2.